The molecule has 0 amide bonds. The molecule has 88 valence electrons. The average molecular weight is 218 g/mol. The molecule has 2 atom stereocenters. The van der Waals surface area contributed by atoms with Crippen molar-refractivity contribution in [2.45, 2.75) is 20.3 Å². The highest BCUT2D eigenvalue weighted by molar-refractivity contribution is 5.40. The molecule has 0 saturated carbocycles. The predicted octanol–water partition coefficient (Wildman–Crippen LogP) is 2.40. The lowest BCUT2D eigenvalue weighted by Crippen LogP contribution is -2.23. The number of nitrogens with two attached hydrogens (primary N) is 1. The number of anilines is 1. The van der Waals surface area contributed by atoms with E-state index >= 15 is 0 Å². The summed E-state index contributed by atoms with van der Waals surface area (Å²) in [7, 11) is 0. The number of hydrogen-bond acceptors (Lipinski definition) is 2. The van der Waals surface area contributed by atoms with Gasteiger partial charge in [0.05, 0.1) is 0 Å². The van der Waals surface area contributed by atoms with E-state index in [1.165, 1.54) is 18.7 Å². The third-order valence-electron chi connectivity index (χ3n) is 3.73. The van der Waals surface area contributed by atoms with Crippen LogP contribution < -0.4 is 5.73 Å². The molecular formula is C14H22N2. The van der Waals surface area contributed by atoms with E-state index in [1.54, 1.807) is 0 Å². The van der Waals surface area contributed by atoms with Gasteiger partial charge in [-0.1, -0.05) is 26.0 Å². The van der Waals surface area contributed by atoms with E-state index in [0.29, 0.717) is 0 Å². The SMILES string of the molecule is C[C@H]1CN(CCc2cccc(N)c2)C[C@@H]1C. The van der Waals surface area contributed by atoms with E-state index in [9.17, 15) is 0 Å². The fourth-order valence-electron chi connectivity index (χ4n) is 2.47. The zero-order valence-electron chi connectivity index (χ0n) is 10.3. The van der Waals surface area contributed by atoms with Gasteiger partial charge in [0.2, 0.25) is 0 Å². The average Bonchev–Trinajstić information content (AvgIpc) is 2.56. The van der Waals surface area contributed by atoms with Crippen LogP contribution in [-0.2, 0) is 6.42 Å². The van der Waals surface area contributed by atoms with Crippen molar-refractivity contribution < 1.29 is 0 Å². The van der Waals surface area contributed by atoms with Crippen molar-refractivity contribution in [2.24, 2.45) is 11.8 Å². The van der Waals surface area contributed by atoms with Gasteiger partial charge < -0.3 is 10.6 Å². The van der Waals surface area contributed by atoms with Crippen molar-refractivity contribution in [2.75, 3.05) is 25.4 Å². The number of rotatable bonds is 3. The Morgan fingerprint density at radius 3 is 2.56 bits per heavy atom. The van der Waals surface area contributed by atoms with Crippen LogP contribution in [0, 0.1) is 11.8 Å². The van der Waals surface area contributed by atoms with E-state index in [0.717, 1.165) is 30.5 Å². The summed E-state index contributed by atoms with van der Waals surface area (Å²) in [5.41, 5.74) is 8.00. The van der Waals surface area contributed by atoms with Crippen molar-refractivity contribution in [1.29, 1.82) is 0 Å². The van der Waals surface area contributed by atoms with Gasteiger partial charge in [0.1, 0.15) is 0 Å². The molecule has 0 bridgehead atoms. The first-order valence-corrected chi connectivity index (χ1v) is 6.22. The lowest BCUT2D eigenvalue weighted by Gasteiger charge is -2.15. The van der Waals surface area contributed by atoms with Gasteiger partial charge in [0, 0.05) is 25.3 Å². The maximum Gasteiger partial charge on any atom is 0.0316 e. The van der Waals surface area contributed by atoms with Crippen molar-refractivity contribution in [3.8, 4) is 0 Å². The Morgan fingerprint density at radius 2 is 1.94 bits per heavy atom. The van der Waals surface area contributed by atoms with Gasteiger partial charge in [-0.25, -0.2) is 0 Å². The van der Waals surface area contributed by atoms with Crippen LogP contribution in [0.1, 0.15) is 19.4 Å². The van der Waals surface area contributed by atoms with E-state index in [4.69, 9.17) is 5.73 Å². The topological polar surface area (TPSA) is 29.3 Å². The van der Waals surface area contributed by atoms with E-state index in [-0.39, 0.29) is 0 Å². The highest BCUT2D eigenvalue weighted by atomic mass is 15.1. The number of nitrogen functional groups attached to an aromatic ring is 1. The first kappa shape index (κ1) is 11.5. The Labute approximate surface area is 98.4 Å². The molecule has 1 aromatic rings. The van der Waals surface area contributed by atoms with Gasteiger partial charge >= 0.3 is 0 Å². The van der Waals surface area contributed by atoms with Gasteiger partial charge in [0.15, 0.2) is 0 Å². The molecule has 1 aliphatic heterocycles. The molecular weight excluding hydrogens is 196 g/mol. The van der Waals surface area contributed by atoms with Gasteiger partial charge in [-0.15, -0.1) is 0 Å². The van der Waals surface area contributed by atoms with Crippen LogP contribution >= 0.6 is 0 Å². The second-order valence-electron chi connectivity index (χ2n) is 5.21. The summed E-state index contributed by atoms with van der Waals surface area (Å²) in [5.74, 6) is 1.70. The summed E-state index contributed by atoms with van der Waals surface area (Å²) in [6.07, 6.45) is 1.12. The Kier molecular flexibility index (Phi) is 3.49. The molecule has 2 nitrogen and oxygen atoms in total. The summed E-state index contributed by atoms with van der Waals surface area (Å²) >= 11 is 0. The summed E-state index contributed by atoms with van der Waals surface area (Å²) < 4.78 is 0. The minimum atomic E-state index is 0.848. The lowest BCUT2D eigenvalue weighted by molar-refractivity contribution is 0.328. The Balaban J connectivity index is 1.84. The largest absolute Gasteiger partial charge is 0.399 e. The molecule has 0 aliphatic carbocycles. The van der Waals surface area contributed by atoms with E-state index < -0.39 is 0 Å². The molecule has 1 saturated heterocycles. The summed E-state index contributed by atoms with van der Waals surface area (Å²) in [6, 6.07) is 8.24. The minimum Gasteiger partial charge on any atom is -0.399 e. The van der Waals surface area contributed by atoms with E-state index in [2.05, 4.69) is 30.9 Å². The van der Waals surface area contributed by atoms with Gasteiger partial charge in [-0.2, -0.15) is 0 Å². The van der Waals surface area contributed by atoms with Crippen molar-refractivity contribution >= 4 is 5.69 Å². The minimum absolute atomic E-state index is 0.848. The summed E-state index contributed by atoms with van der Waals surface area (Å²) in [5, 5.41) is 0. The molecule has 0 unspecified atom stereocenters. The Bertz CT molecular complexity index is 338. The van der Waals surface area contributed by atoms with Crippen molar-refractivity contribution in [1.82, 2.24) is 4.90 Å². The molecule has 2 N–H and O–H groups in total. The maximum absolute atomic E-state index is 5.77. The Hall–Kier alpha value is -1.02. The molecule has 2 heteroatoms. The molecule has 1 fully saturated rings. The number of benzene rings is 1. The molecule has 1 aromatic carbocycles. The zero-order chi connectivity index (χ0) is 11.5. The summed E-state index contributed by atoms with van der Waals surface area (Å²) in [6.45, 7) is 8.38. The van der Waals surface area contributed by atoms with Gasteiger partial charge in [-0.05, 0) is 36.0 Å². The quantitative estimate of drug-likeness (QED) is 0.789. The van der Waals surface area contributed by atoms with E-state index in [1.807, 2.05) is 12.1 Å². The van der Waals surface area contributed by atoms with Crippen LogP contribution in [0.5, 0.6) is 0 Å². The highest BCUT2D eigenvalue weighted by Gasteiger charge is 2.25. The first-order valence-electron chi connectivity index (χ1n) is 6.22. The smallest absolute Gasteiger partial charge is 0.0316 e. The lowest BCUT2D eigenvalue weighted by atomic mass is 10.0. The van der Waals surface area contributed by atoms with Crippen molar-refractivity contribution in [3.05, 3.63) is 29.8 Å². The van der Waals surface area contributed by atoms with Crippen LogP contribution in [0.3, 0.4) is 0 Å². The maximum atomic E-state index is 5.77. The fraction of sp³-hybridized carbons (Fsp3) is 0.571. The van der Waals surface area contributed by atoms with Gasteiger partial charge in [0.25, 0.3) is 0 Å². The van der Waals surface area contributed by atoms with Crippen LogP contribution in [0.15, 0.2) is 24.3 Å². The molecule has 2 rings (SSSR count). The van der Waals surface area contributed by atoms with Crippen molar-refractivity contribution in [3.63, 3.8) is 0 Å². The molecule has 0 radical (unpaired) electrons. The second-order valence-corrected chi connectivity index (χ2v) is 5.21. The van der Waals surface area contributed by atoms with Crippen LogP contribution in [0.4, 0.5) is 5.69 Å². The third-order valence-corrected chi connectivity index (χ3v) is 3.73. The molecule has 1 aliphatic rings. The fourth-order valence-corrected chi connectivity index (χ4v) is 2.47. The zero-order valence-corrected chi connectivity index (χ0v) is 10.3. The molecule has 1 heterocycles. The standard InChI is InChI=1S/C14H22N2/c1-11-9-16(10-12(11)2)7-6-13-4-3-5-14(15)8-13/h3-5,8,11-12H,6-7,9-10,15H2,1-2H3/t11-,12-/m0/s1. The number of hydrogen-bond donors (Lipinski definition) is 1. The Morgan fingerprint density at radius 1 is 1.25 bits per heavy atom. The van der Waals surface area contributed by atoms with Crippen LogP contribution in [-0.4, -0.2) is 24.5 Å². The number of nitrogens with zero attached hydrogens (tertiary/aromatic N) is 1. The predicted molar refractivity (Wildman–Crippen MR) is 69.3 cm³/mol. The molecule has 0 spiro atoms. The molecule has 16 heavy (non-hydrogen) atoms. The van der Waals surface area contributed by atoms with Crippen LogP contribution in [0.25, 0.3) is 0 Å². The van der Waals surface area contributed by atoms with Crippen LogP contribution in [0.2, 0.25) is 0 Å². The monoisotopic (exact) mass is 218 g/mol. The first-order chi connectivity index (χ1) is 7.65. The second kappa shape index (κ2) is 4.88. The summed E-state index contributed by atoms with van der Waals surface area (Å²) in [4.78, 5) is 2.57. The number of likely N-dealkylation sites (tertiary alicyclic amines) is 1. The third kappa shape index (κ3) is 2.76. The normalized spacial score (nSPS) is 26.1. The molecule has 0 aromatic heterocycles. The van der Waals surface area contributed by atoms with Gasteiger partial charge in [-0.3, -0.25) is 0 Å². The highest BCUT2D eigenvalue weighted by Crippen LogP contribution is 2.22.